The van der Waals surface area contributed by atoms with Crippen LogP contribution in [0.1, 0.15) is 30.4 Å². The molecule has 5 nitrogen and oxygen atoms in total. The van der Waals surface area contributed by atoms with E-state index in [0.29, 0.717) is 13.1 Å². The molecule has 2 saturated heterocycles. The Kier molecular flexibility index (Phi) is 5.35. The monoisotopic (exact) mass is 405 g/mol. The minimum atomic E-state index is -0.420. The number of hydrogen-bond acceptors (Lipinski definition) is 4. The lowest BCUT2D eigenvalue weighted by atomic mass is 9.82. The second-order valence-electron chi connectivity index (χ2n) is 9.04. The van der Waals surface area contributed by atoms with Crippen LogP contribution in [0.15, 0.2) is 54.6 Å². The normalized spacial score (nSPS) is 27.0. The Morgan fingerprint density at radius 3 is 2.63 bits per heavy atom. The number of anilines is 1. The molecule has 2 atom stereocenters. The Morgan fingerprint density at radius 1 is 1.00 bits per heavy atom. The lowest BCUT2D eigenvalue weighted by molar-refractivity contribution is -0.122. The number of aliphatic hydroxyl groups excluding tert-OH is 1. The summed E-state index contributed by atoms with van der Waals surface area (Å²) in [5.41, 5.74) is 3.47. The van der Waals surface area contributed by atoms with Crippen molar-refractivity contribution in [3.8, 4) is 0 Å². The summed E-state index contributed by atoms with van der Waals surface area (Å²) in [6.07, 6.45) is 3.61. The summed E-state index contributed by atoms with van der Waals surface area (Å²) in [7, 11) is 0. The van der Waals surface area contributed by atoms with Gasteiger partial charge in [0.1, 0.15) is 0 Å². The molecular formula is C25H31N3O2. The number of β-amino-alcohol motifs (C(OH)–C–C–N with tert-alkyl or cyclic N) is 1. The third kappa shape index (κ3) is 3.55. The van der Waals surface area contributed by atoms with Gasteiger partial charge in [-0.25, -0.2) is 0 Å². The van der Waals surface area contributed by atoms with Crippen LogP contribution in [0.4, 0.5) is 5.69 Å². The van der Waals surface area contributed by atoms with E-state index in [0.717, 1.165) is 57.5 Å². The zero-order chi connectivity index (χ0) is 20.6. The standard InChI is InChI=1S/C25H31N3O2/c29-23-18-26(19-24(30)28-15-11-21-9-4-5-10-22(21)28)16-13-25(23)12-6-14-27(25)17-20-7-2-1-3-8-20/h1-5,7-10,23,29H,6,11-19H2/t23-,25-/m0/s1. The third-order valence-electron chi connectivity index (χ3n) is 7.34. The predicted octanol–water partition coefficient (Wildman–Crippen LogP) is 2.68. The van der Waals surface area contributed by atoms with Gasteiger partial charge in [-0.15, -0.1) is 0 Å². The number of rotatable bonds is 4. The summed E-state index contributed by atoms with van der Waals surface area (Å²) in [4.78, 5) is 19.6. The molecule has 2 aromatic rings. The molecule has 3 aliphatic heterocycles. The molecule has 5 rings (SSSR count). The topological polar surface area (TPSA) is 47.0 Å². The van der Waals surface area contributed by atoms with E-state index in [9.17, 15) is 9.90 Å². The summed E-state index contributed by atoms with van der Waals surface area (Å²) >= 11 is 0. The van der Waals surface area contributed by atoms with Crippen LogP contribution in [0.25, 0.3) is 0 Å². The minimum Gasteiger partial charge on any atom is -0.390 e. The van der Waals surface area contributed by atoms with Crippen LogP contribution in [0.3, 0.4) is 0 Å². The number of nitrogens with zero attached hydrogens (tertiary/aromatic N) is 3. The maximum absolute atomic E-state index is 13.0. The van der Waals surface area contributed by atoms with Gasteiger partial charge in [0.15, 0.2) is 0 Å². The SMILES string of the molecule is O=C(CN1CC[C@@]2(CCCN2Cc2ccccc2)[C@@H](O)C1)N1CCc2ccccc21. The van der Waals surface area contributed by atoms with Crippen molar-refractivity contribution >= 4 is 11.6 Å². The van der Waals surface area contributed by atoms with Crippen LogP contribution >= 0.6 is 0 Å². The van der Waals surface area contributed by atoms with Crippen LogP contribution in [0.5, 0.6) is 0 Å². The Labute approximate surface area is 178 Å². The van der Waals surface area contributed by atoms with Crippen LogP contribution in [-0.4, -0.2) is 65.2 Å². The summed E-state index contributed by atoms with van der Waals surface area (Å²) < 4.78 is 0. The molecule has 30 heavy (non-hydrogen) atoms. The van der Waals surface area contributed by atoms with Gasteiger partial charge in [0, 0.05) is 37.4 Å². The highest BCUT2D eigenvalue weighted by Crippen LogP contribution is 2.39. The number of hydrogen-bond donors (Lipinski definition) is 1. The fourth-order valence-corrected chi connectivity index (χ4v) is 5.70. The molecule has 158 valence electrons. The molecule has 3 heterocycles. The van der Waals surface area contributed by atoms with E-state index in [1.54, 1.807) is 0 Å². The molecule has 0 aliphatic carbocycles. The lowest BCUT2D eigenvalue weighted by Gasteiger charge is -2.48. The van der Waals surface area contributed by atoms with Crippen molar-refractivity contribution in [2.24, 2.45) is 0 Å². The number of amides is 1. The van der Waals surface area contributed by atoms with Crippen LogP contribution in [0.2, 0.25) is 0 Å². The van der Waals surface area contributed by atoms with E-state index in [1.807, 2.05) is 29.2 Å². The first kappa shape index (κ1) is 19.7. The van der Waals surface area contributed by atoms with Crippen molar-refractivity contribution in [3.05, 3.63) is 65.7 Å². The molecule has 1 N–H and O–H groups in total. The van der Waals surface area contributed by atoms with E-state index < -0.39 is 6.10 Å². The number of para-hydroxylation sites is 1. The van der Waals surface area contributed by atoms with E-state index in [1.165, 1.54) is 11.1 Å². The maximum Gasteiger partial charge on any atom is 0.241 e. The Hall–Kier alpha value is -2.21. The van der Waals surface area contributed by atoms with Crippen molar-refractivity contribution in [3.63, 3.8) is 0 Å². The van der Waals surface area contributed by atoms with Crippen LogP contribution in [0, 0.1) is 0 Å². The second kappa shape index (κ2) is 8.14. The number of carbonyl (C=O) groups is 1. The van der Waals surface area contributed by atoms with E-state index in [4.69, 9.17) is 0 Å². The number of fused-ring (bicyclic) bond motifs is 1. The molecule has 0 saturated carbocycles. The van der Waals surface area contributed by atoms with Crippen molar-refractivity contribution in [2.75, 3.05) is 37.6 Å². The van der Waals surface area contributed by atoms with Crippen LogP contribution < -0.4 is 4.90 Å². The van der Waals surface area contributed by atoms with Gasteiger partial charge in [0.05, 0.1) is 12.6 Å². The molecule has 5 heteroatoms. The minimum absolute atomic E-state index is 0.143. The number of aliphatic hydroxyl groups is 1. The second-order valence-corrected chi connectivity index (χ2v) is 9.04. The number of likely N-dealkylation sites (tertiary alicyclic amines) is 2. The molecule has 0 bridgehead atoms. The fourth-order valence-electron chi connectivity index (χ4n) is 5.70. The summed E-state index contributed by atoms with van der Waals surface area (Å²) in [6, 6.07) is 18.7. The summed E-state index contributed by atoms with van der Waals surface area (Å²) in [5.74, 6) is 0.149. The van der Waals surface area contributed by atoms with E-state index in [2.05, 4.69) is 40.1 Å². The highest BCUT2D eigenvalue weighted by Gasteiger charge is 2.49. The zero-order valence-corrected chi connectivity index (χ0v) is 17.5. The van der Waals surface area contributed by atoms with Gasteiger partial charge < -0.3 is 10.0 Å². The number of benzene rings is 2. The number of piperidine rings is 1. The third-order valence-corrected chi connectivity index (χ3v) is 7.34. The average molecular weight is 406 g/mol. The van der Waals surface area contributed by atoms with Crippen molar-refractivity contribution in [2.45, 2.75) is 43.9 Å². The Balaban J connectivity index is 1.23. The van der Waals surface area contributed by atoms with Crippen LogP contribution in [-0.2, 0) is 17.8 Å². The summed E-state index contributed by atoms with van der Waals surface area (Å²) in [5, 5.41) is 11.2. The van der Waals surface area contributed by atoms with Crippen molar-refractivity contribution in [1.82, 2.24) is 9.80 Å². The molecule has 2 aromatic carbocycles. The molecule has 1 spiro atoms. The molecule has 0 unspecified atom stereocenters. The summed E-state index contributed by atoms with van der Waals surface area (Å²) in [6.45, 7) is 4.52. The highest BCUT2D eigenvalue weighted by molar-refractivity contribution is 5.96. The fraction of sp³-hybridized carbons (Fsp3) is 0.480. The average Bonchev–Trinajstić information content (AvgIpc) is 3.37. The first-order valence-corrected chi connectivity index (χ1v) is 11.2. The van der Waals surface area contributed by atoms with E-state index >= 15 is 0 Å². The zero-order valence-electron chi connectivity index (χ0n) is 17.5. The molecule has 2 fully saturated rings. The highest BCUT2D eigenvalue weighted by atomic mass is 16.3. The van der Waals surface area contributed by atoms with Gasteiger partial charge in [-0.3, -0.25) is 14.6 Å². The van der Waals surface area contributed by atoms with Gasteiger partial charge in [0.25, 0.3) is 0 Å². The largest absolute Gasteiger partial charge is 0.390 e. The maximum atomic E-state index is 13.0. The quantitative estimate of drug-likeness (QED) is 0.850. The van der Waals surface area contributed by atoms with Crippen molar-refractivity contribution < 1.29 is 9.90 Å². The van der Waals surface area contributed by atoms with E-state index in [-0.39, 0.29) is 11.4 Å². The smallest absolute Gasteiger partial charge is 0.241 e. The van der Waals surface area contributed by atoms with Gasteiger partial charge in [0.2, 0.25) is 5.91 Å². The van der Waals surface area contributed by atoms with Gasteiger partial charge >= 0.3 is 0 Å². The first-order valence-electron chi connectivity index (χ1n) is 11.2. The predicted molar refractivity (Wildman–Crippen MR) is 118 cm³/mol. The van der Waals surface area contributed by atoms with Gasteiger partial charge in [-0.05, 0) is 49.4 Å². The van der Waals surface area contributed by atoms with Gasteiger partial charge in [-0.1, -0.05) is 48.5 Å². The molecule has 3 aliphatic rings. The Morgan fingerprint density at radius 2 is 1.80 bits per heavy atom. The van der Waals surface area contributed by atoms with Gasteiger partial charge in [-0.2, -0.15) is 0 Å². The molecule has 0 radical (unpaired) electrons. The Bertz CT molecular complexity index is 902. The molecule has 0 aromatic heterocycles. The van der Waals surface area contributed by atoms with Crippen molar-refractivity contribution in [1.29, 1.82) is 0 Å². The lowest BCUT2D eigenvalue weighted by Crippen LogP contribution is -2.62. The number of carbonyl (C=O) groups excluding carboxylic acids is 1. The first-order chi connectivity index (χ1) is 14.7. The molecule has 1 amide bonds. The molecular weight excluding hydrogens is 374 g/mol.